The molecule has 0 fully saturated rings. The van der Waals surface area contributed by atoms with Crippen LogP contribution in [0.25, 0.3) is 0 Å². The average molecular weight is 283 g/mol. The largest absolute Gasteiger partial charge is 1.00 e. The molecule has 0 heterocycles. The topological polar surface area (TPSA) is 72.5 Å². The normalized spacial score (nSPS) is 10.5. The first-order valence-electron chi connectivity index (χ1n) is 4.34. The van der Waals surface area contributed by atoms with E-state index in [0.717, 1.165) is 5.56 Å². The van der Waals surface area contributed by atoms with Crippen LogP contribution in [0.3, 0.4) is 0 Å². The van der Waals surface area contributed by atoms with Crippen molar-refractivity contribution in [2.24, 2.45) is 0 Å². The molecule has 8 heteroatoms. The molecule has 0 aliphatic heterocycles. The maximum atomic E-state index is 11.3. The van der Waals surface area contributed by atoms with Crippen LogP contribution in [0.2, 0.25) is 0 Å². The smallest absolute Gasteiger partial charge is 0.619 e. The summed E-state index contributed by atoms with van der Waals surface area (Å²) in [6.07, 6.45) is 0. The third kappa shape index (κ3) is 7.07. The van der Waals surface area contributed by atoms with Gasteiger partial charge in [-0.1, -0.05) is 18.2 Å². The minimum atomic E-state index is -4.00. The van der Waals surface area contributed by atoms with Gasteiger partial charge in [-0.15, -0.1) is 0 Å². The van der Waals surface area contributed by atoms with Crippen molar-refractivity contribution in [1.82, 2.24) is 0 Å². The van der Waals surface area contributed by atoms with Gasteiger partial charge in [-0.2, -0.15) is 0 Å². The van der Waals surface area contributed by atoms with Crippen molar-refractivity contribution in [3.8, 4) is 0 Å². The molecule has 0 spiro atoms. The van der Waals surface area contributed by atoms with Gasteiger partial charge in [-0.3, -0.25) is 8.98 Å². The monoisotopic (exact) mass is 283 g/mol. The van der Waals surface area contributed by atoms with Crippen molar-refractivity contribution in [3.05, 3.63) is 29.8 Å². The number of hydrogen-bond donors (Lipinski definition) is 1. The Bertz CT molecular complexity index is 490. The molecule has 0 saturated carbocycles. The second-order valence-corrected chi connectivity index (χ2v) is 5.31. The summed E-state index contributed by atoms with van der Waals surface area (Å²) in [6.45, 7) is 1.21. The fraction of sp³-hybridized carbons (Fsp3) is 0.222. The summed E-state index contributed by atoms with van der Waals surface area (Å²) in [7, 11) is -4.00. The molecule has 0 radical (unpaired) electrons. The van der Waals surface area contributed by atoms with E-state index in [4.69, 9.17) is 0 Å². The number of rotatable bonds is 4. The Morgan fingerprint density at radius 2 is 2.00 bits per heavy atom. The van der Waals surface area contributed by atoms with Crippen LogP contribution in [0, 0.1) is 6.92 Å². The van der Waals surface area contributed by atoms with E-state index < -0.39 is 21.7 Å². The zero-order valence-corrected chi connectivity index (χ0v) is 13.1. The van der Waals surface area contributed by atoms with Crippen LogP contribution in [0.15, 0.2) is 24.3 Å². The van der Waals surface area contributed by atoms with Crippen LogP contribution in [0.4, 0.5) is 5.69 Å². The predicted octanol–water partition coefficient (Wildman–Crippen LogP) is -2.25. The van der Waals surface area contributed by atoms with Crippen molar-refractivity contribution in [2.75, 3.05) is 11.9 Å². The molecular weight excluding hydrogens is 273 g/mol. The molecule has 1 rings (SSSR count). The number of benzene rings is 1. The van der Waals surface area contributed by atoms with E-state index >= 15 is 0 Å². The first-order chi connectivity index (χ1) is 7.38. The fourth-order valence-electron chi connectivity index (χ4n) is 1.03. The molecule has 0 saturated heterocycles. The van der Waals surface area contributed by atoms with E-state index in [1.54, 1.807) is 12.1 Å². The molecule has 0 aromatic heterocycles. The molecule has 1 aromatic rings. The number of carbonyl (C=O) groups excluding carboxylic acids is 1. The Hall–Kier alpha value is -0.0500. The Kier molecular flexibility index (Phi) is 7.38. The van der Waals surface area contributed by atoms with E-state index in [2.05, 4.69) is 21.2 Å². The molecule has 0 unspecified atom stereocenters. The van der Waals surface area contributed by atoms with E-state index in [0.29, 0.717) is 5.69 Å². The van der Waals surface area contributed by atoms with Crippen molar-refractivity contribution in [2.45, 2.75) is 6.92 Å². The van der Waals surface area contributed by atoms with Gasteiger partial charge in [0.1, 0.15) is 15.8 Å². The van der Waals surface area contributed by atoms with Gasteiger partial charge in [-0.25, -0.2) is 8.42 Å². The van der Waals surface area contributed by atoms with Crippen molar-refractivity contribution >= 4 is 32.4 Å². The minimum absolute atomic E-state index is 0. The molecular formula is C9H10NNaO4S2. The number of hydrogen-bond acceptors (Lipinski definition) is 5. The SMILES string of the molecule is Cc1ccccc1NC(=O)COS(=O)(=O)[S-].[Na+]. The first-order valence-corrected chi connectivity index (χ1v) is 6.67. The maximum absolute atomic E-state index is 11.3. The van der Waals surface area contributed by atoms with Crippen LogP contribution in [-0.4, -0.2) is 20.9 Å². The molecule has 1 N–H and O–H groups in total. The molecule has 5 nitrogen and oxygen atoms in total. The molecule has 1 amide bonds. The van der Waals surface area contributed by atoms with Crippen LogP contribution in [0.1, 0.15) is 5.56 Å². The van der Waals surface area contributed by atoms with E-state index in [-0.39, 0.29) is 29.6 Å². The number of para-hydroxylation sites is 1. The third-order valence-electron chi connectivity index (χ3n) is 1.75. The standard InChI is InChI=1S/C9H11NO4S2.Na/c1-7-4-2-3-5-8(7)10-9(11)6-14-16(12,13)15;/h2-5H,6H2,1H3,(H,10,11)(H,12,13,15);/q;+1/p-1. The second-order valence-electron chi connectivity index (χ2n) is 3.03. The number of carbonyl (C=O) groups is 1. The summed E-state index contributed by atoms with van der Waals surface area (Å²) < 4.78 is 25.1. The van der Waals surface area contributed by atoms with Crippen LogP contribution < -0.4 is 34.9 Å². The number of nitrogens with one attached hydrogen (secondary N) is 1. The fourth-order valence-corrected chi connectivity index (χ4v) is 1.42. The second kappa shape index (κ2) is 7.40. The molecule has 1 aromatic carbocycles. The van der Waals surface area contributed by atoms with Gasteiger partial charge in [0.2, 0.25) is 0 Å². The minimum Gasteiger partial charge on any atom is -0.619 e. The van der Waals surface area contributed by atoms with Crippen LogP contribution in [0.5, 0.6) is 0 Å². The van der Waals surface area contributed by atoms with E-state index in [1.165, 1.54) is 0 Å². The van der Waals surface area contributed by atoms with Gasteiger partial charge in [0.05, 0.1) is 0 Å². The molecule has 0 atom stereocenters. The Labute approximate surface area is 127 Å². The zero-order valence-electron chi connectivity index (χ0n) is 9.47. The van der Waals surface area contributed by atoms with E-state index in [9.17, 15) is 13.2 Å². The summed E-state index contributed by atoms with van der Waals surface area (Å²) >= 11 is 3.96. The van der Waals surface area contributed by atoms with Crippen LogP contribution in [-0.2, 0) is 29.8 Å². The number of anilines is 1. The summed E-state index contributed by atoms with van der Waals surface area (Å²) in [4.78, 5) is 11.3. The van der Waals surface area contributed by atoms with Gasteiger partial charge in [0.25, 0.3) is 5.91 Å². The van der Waals surface area contributed by atoms with Crippen LogP contribution >= 0.6 is 0 Å². The van der Waals surface area contributed by atoms with Gasteiger partial charge in [0, 0.05) is 5.69 Å². The van der Waals surface area contributed by atoms with Crippen molar-refractivity contribution in [1.29, 1.82) is 0 Å². The van der Waals surface area contributed by atoms with Crippen molar-refractivity contribution < 1.29 is 47.0 Å². The number of aryl methyl sites for hydroxylation is 1. The van der Waals surface area contributed by atoms with Crippen molar-refractivity contribution in [3.63, 3.8) is 0 Å². The zero-order chi connectivity index (χ0) is 12.2. The molecule has 0 aliphatic rings. The molecule has 17 heavy (non-hydrogen) atoms. The average Bonchev–Trinajstić information content (AvgIpc) is 2.18. The maximum Gasteiger partial charge on any atom is 1.00 e. The van der Waals surface area contributed by atoms with Gasteiger partial charge < -0.3 is 17.0 Å². The quantitative estimate of drug-likeness (QED) is 0.384. The Balaban J connectivity index is 0.00000256. The summed E-state index contributed by atoms with van der Waals surface area (Å²) in [5, 5.41) is 2.51. The summed E-state index contributed by atoms with van der Waals surface area (Å²) in [5.74, 6) is -0.567. The molecule has 0 aliphatic carbocycles. The first kappa shape index (κ1) is 16.9. The van der Waals surface area contributed by atoms with Gasteiger partial charge >= 0.3 is 29.6 Å². The number of amides is 1. The van der Waals surface area contributed by atoms with Gasteiger partial charge in [0.15, 0.2) is 0 Å². The molecule has 0 bridgehead atoms. The summed E-state index contributed by atoms with van der Waals surface area (Å²) in [5.41, 5.74) is 1.48. The third-order valence-corrected chi connectivity index (χ3v) is 2.45. The van der Waals surface area contributed by atoms with E-state index in [1.807, 2.05) is 19.1 Å². The predicted molar refractivity (Wildman–Crippen MR) is 62.0 cm³/mol. The molecule has 88 valence electrons. The Morgan fingerprint density at radius 3 is 2.53 bits per heavy atom. The summed E-state index contributed by atoms with van der Waals surface area (Å²) in [6, 6.07) is 7.11. The Morgan fingerprint density at radius 1 is 1.41 bits per heavy atom. The van der Waals surface area contributed by atoms with Gasteiger partial charge in [-0.05, 0) is 18.6 Å².